The zero-order chi connectivity index (χ0) is 43.8. The van der Waals surface area contributed by atoms with Crippen LogP contribution in [0, 0.1) is 13.8 Å². The monoisotopic (exact) mass is 998 g/mol. The number of carboxylic acid groups (broad SMARTS) is 2. The summed E-state index contributed by atoms with van der Waals surface area (Å²) in [6, 6.07) is 38.8. The number of hydrogen-bond donors (Lipinski definition) is 2. The molecule has 0 unspecified atom stereocenters. The van der Waals surface area contributed by atoms with Gasteiger partial charge in [-0.15, -0.1) is 24.8 Å². The van der Waals surface area contributed by atoms with E-state index in [4.69, 9.17) is 10.2 Å². The Kier molecular flexibility index (Phi) is 25.5. The average molecular weight is 999 g/mol. The van der Waals surface area contributed by atoms with Crippen LogP contribution in [0.25, 0.3) is 45.6 Å². The van der Waals surface area contributed by atoms with Crippen molar-refractivity contribution in [2.45, 2.75) is 52.4 Å². The fourth-order valence-corrected chi connectivity index (χ4v) is 5.84. The fourth-order valence-electron chi connectivity index (χ4n) is 5.84. The molecular formula is C50H50Cl2N8O4Ru. The van der Waals surface area contributed by atoms with Crippen molar-refractivity contribution in [2.24, 2.45) is 0 Å². The number of rotatable bonds is 12. The van der Waals surface area contributed by atoms with Gasteiger partial charge in [-0.1, -0.05) is 24.3 Å². The molecule has 0 aliphatic carbocycles. The molecule has 15 heteroatoms. The second-order valence-corrected chi connectivity index (χ2v) is 13.9. The molecule has 0 bridgehead atoms. The Morgan fingerprint density at radius 2 is 0.662 bits per heavy atom. The van der Waals surface area contributed by atoms with E-state index in [2.05, 4.69) is 39.9 Å². The number of aliphatic carboxylic acids is 2. The van der Waals surface area contributed by atoms with Crippen LogP contribution in [0.3, 0.4) is 0 Å². The van der Waals surface area contributed by atoms with Crippen LogP contribution in [0.2, 0.25) is 0 Å². The molecule has 0 saturated heterocycles. The third kappa shape index (κ3) is 20.2. The standard InChI is InChI=1S/2C15H16N2O2.2C10H8N2.2ClH.Ru/c2*1-11-5-7-16-13(9-11)14-10-12(6-8-17-14)3-2-4-15(18)19;2*1-3-7-11-9(5-1)10-6-2-4-8-12-10;;;/h2*5-10H,2-4H2,1H3,(H,18,19);2*1-8H;2*1H;. The summed E-state index contributed by atoms with van der Waals surface area (Å²) in [6.07, 6.45) is 17.3. The number of carboxylic acids is 2. The van der Waals surface area contributed by atoms with Crippen LogP contribution in [0.5, 0.6) is 0 Å². The molecule has 0 amide bonds. The third-order valence-electron chi connectivity index (χ3n) is 8.90. The van der Waals surface area contributed by atoms with Gasteiger partial charge in [-0.05, 0) is 159 Å². The second-order valence-electron chi connectivity index (χ2n) is 13.9. The van der Waals surface area contributed by atoms with Gasteiger partial charge in [0.05, 0.1) is 45.6 Å². The molecule has 12 nitrogen and oxygen atoms in total. The zero-order valence-electron chi connectivity index (χ0n) is 35.9. The normalized spacial score (nSPS) is 9.63. The molecule has 0 aliphatic heterocycles. The van der Waals surface area contributed by atoms with Gasteiger partial charge >= 0.3 is 11.9 Å². The van der Waals surface area contributed by atoms with Gasteiger partial charge in [-0.3, -0.25) is 49.5 Å². The first-order valence-electron chi connectivity index (χ1n) is 20.1. The zero-order valence-corrected chi connectivity index (χ0v) is 39.2. The molecule has 336 valence electrons. The van der Waals surface area contributed by atoms with Gasteiger partial charge in [-0.2, -0.15) is 0 Å². The summed E-state index contributed by atoms with van der Waals surface area (Å²) >= 11 is 0. The van der Waals surface area contributed by atoms with Gasteiger partial charge < -0.3 is 10.2 Å². The number of aryl methyl sites for hydroxylation is 4. The molecule has 0 fully saturated rings. The Labute approximate surface area is 404 Å². The van der Waals surface area contributed by atoms with Crippen LogP contribution < -0.4 is 0 Å². The van der Waals surface area contributed by atoms with Crippen molar-refractivity contribution in [1.29, 1.82) is 0 Å². The molecule has 0 spiro atoms. The van der Waals surface area contributed by atoms with Crippen LogP contribution in [-0.2, 0) is 41.9 Å². The van der Waals surface area contributed by atoms with Crippen molar-refractivity contribution >= 4 is 36.8 Å². The van der Waals surface area contributed by atoms with Gasteiger partial charge in [-0.25, -0.2) is 0 Å². The molecular weight excluding hydrogens is 949 g/mol. The van der Waals surface area contributed by atoms with Crippen molar-refractivity contribution in [3.63, 3.8) is 0 Å². The number of pyridine rings is 8. The summed E-state index contributed by atoms with van der Waals surface area (Å²) in [5.41, 5.74) is 11.5. The summed E-state index contributed by atoms with van der Waals surface area (Å²) in [4.78, 5) is 55.0. The minimum atomic E-state index is -0.755. The van der Waals surface area contributed by atoms with E-state index in [1.807, 2.05) is 135 Å². The fraction of sp³-hybridized carbons (Fsp3) is 0.160. The van der Waals surface area contributed by atoms with E-state index >= 15 is 0 Å². The maximum atomic E-state index is 10.5. The number of aromatic nitrogens is 8. The van der Waals surface area contributed by atoms with E-state index in [1.165, 1.54) is 0 Å². The Morgan fingerprint density at radius 1 is 0.385 bits per heavy atom. The Hall–Kier alpha value is -6.66. The van der Waals surface area contributed by atoms with E-state index in [0.717, 1.165) is 80.6 Å². The van der Waals surface area contributed by atoms with Gasteiger partial charge in [0.15, 0.2) is 0 Å². The number of carbonyl (C=O) groups is 2. The first-order valence-corrected chi connectivity index (χ1v) is 20.1. The molecule has 0 atom stereocenters. The molecule has 65 heavy (non-hydrogen) atoms. The van der Waals surface area contributed by atoms with E-state index in [1.54, 1.807) is 49.6 Å². The van der Waals surface area contributed by atoms with Crippen molar-refractivity contribution in [2.75, 3.05) is 0 Å². The molecule has 8 rings (SSSR count). The molecule has 0 radical (unpaired) electrons. The van der Waals surface area contributed by atoms with Crippen LogP contribution in [-0.4, -0.2) is 62.0 Å². The number of nitrogens with zero attached hydrogens (tertiary/aromatic N) is 8. The summed E-state index contributed by atoms with van der Waals surface area (Å²) in [5, 5.41) is 17.3. The number of hydrogen-bond acceptors (Lipinski definition) is 10. The van der Waals surface area contributed by atoms with Crippen LogP contribution in [0.4, 0.5) is 0 Å². The Morgan fingerprint density at radius 3 is 0.923 bits per heavy atom. The van der Waals surface area contributed by atoms with Gasteiger partial charge in [0, 0.05) is 81.9 Å². The third-order valence-corrected chi connectivity index (χ3v) is 8.90. The number of halogens is 2. The van der Waals surface area contributed by atoms with Crippen LogP contribution >= 0.6 is 24.8 Å². The van der Waals surface area contributed by atoms with E-state index in [-0.39, 0.29) is 57.1 Å². The summed E-state index contributed by atoms with van der Waals surface area (Å²) in [6.45, 7) is 4.03. The smallest absolute Gasteiger partial charge is 0.303 e. The first kappa shape index (κ1) is 54.5. The van der Waals surface area contributed by atoms with Gasteiger partial charge in [0.2, 0.25) is 0 Å². The predicted molar refractivity (Wildman–Crippen MR) is 255 cm³/mol. The summed E-state index contributed by atoms with van der Waals surface area (Å²) in [7, 11) is 0. The van der Waals surface area contributed by atoms with Crippen molar-refractivity contribution in [3.8, 4) is 45.6 Å². The predicted octanol–water partition coefficient (Wildman–Crippen LogP) is 10.8. The minimum Gasteiger partial charge on any atom is -0.481 e. The van der Waals surface area contributed by atoms with Crippen molar-refractivity contribution < 1.29 is 39.3 Å². The van der Waals surface area contributed by atoms with Crippen LogP contribution in [0.15, 0.2) is 171 Å². The topological polar surface area (TPSA) is 178 Å². The summed E-state index contributed by atoms with van der Waals surface area (Å²) < 4.78 is 0. The molecule has 0 aromatic carbocycles. The first-order chi connectivity index (χ1) is 30.2. The van der Waals surface area contributed by atoms with Gasteiger partial charge in [0.25, 0.3) is 0 Å². The quantitative estimate of drug-likeness (QED) is 0.111. The van der Waals surface area contributed by atoms with Crippen molar-refractivity contribution in [3.05, 3.63) is 193 Å². The maximum absolute atomic E-state index is 10.5. The Balaban J connectivity index is 0.000000299. The summed E-state index contributed by atoms with van der Waals surface area (Å²) in [5.74, 6) is -1.51. The second kappa shape index (κ2) is 30.4. The molecule has 0 saturated carbocycles. The molecule has 8 heterocycles. The van der Waals surface area contributed by atoms with E-state index in [0.29, 0.717) is 12.8 Å². The largest absolute Gasteiger partial charge is 0.481 e. The van der Waals surface area contributed by atoms with Crippen molar-refractivity contribution in [1.82, 2.24) is 39.9 Å². The minimum absolute atomic E-state index is 0. The maximum Gasteiger partial charge on any atom is 0.303 e. The SMILES string of the molecule is Cc1ccnc(-c2cc(CCCC(=O)O)ccn2)c1.Cc1ccnc(-c2cc(CCCC(=O)O)ccn2)c1.Cl.Cl.[Ru].c1ccc(-c2ccccn2)nc1.c1ccc(-c2ccccn2)nc1. The molecule has 0 aliphatic rings. The molecule has 2 N–H and O–H groups in total. The van der Waals surface area contributed by atoms with E-state index in [9.17, 15) is 9.59 Å². The molecule has 8 aromatic heterocycles. The van der Waals surface area contributed by atoms with E-state index < -0.39 is 11.9 Å². The van der Waals surface area contributed by atoms with Crippen LogP contribution in [0.1, 0.15) is 47.9 Å². The average Bonchev–Trinajstić information content (AvgIpc) is 3.31. The Bertz CT molecular complexity index is 2330. The van der Waals surface area contributed by atoms with Gasteiger partial charge in [0.1, 0.15) is 0 Å². The molecule has 8 aromatic rings.